The minimum Gasteiger partial charge on any atom is -0.271 e. The first-order valence-corrected chi connectivity index (χ1v) is 6.35. The zero-order chi connectivity index (χ0) is 13.8. The van der Waals surface area contributed by atoms with Crippen LogP contribution in [-0.4, -0.2) is 15.0 Å². The summed E-state index contributed by atoms with van der Waals surface area (Å²) in [7, 11) is 0. The molecule has 1 aromatic heterocycles. The summed E-state index contributed by atoms with van der Waals surface area (Å²) < 4.78 is 15.8. The fourth-order valence-electron chi connectivity index (χ4n) is 1.95. The average molecular weight is 284 g/mol. The number of halogens is 2. The minimum absolute atomic E-state index is 0.0623. The van der Waals surface area contributed by atoms with Gasteiger partial charge in [-0.3, -0.25) is 5.84 Å². The van der Waals surface area contributed by atoms with Gasteiger partial charge in [-0.2, -0.15) is 0 Å². The number of rotatable bonds is 5. The number of hydrazine groups is 1. The maximum Gasteiger partial charge on any atom is 0.147 e. The molecule has 1 atom stereocenters. The number of nitrogens with two attached hydrogens (primary N) is 1. The lowest BCUT2D eigenvalue weighted by Gasteiger charge is -2.18. The Morgan fingerprint density at radius 3 is 3.00 bits per heavy atom. The molecular formula is C12H15ClFN5. The van der Waals surface area contributed by atoms with Gasteiger partial charge in [0.1, 0.15) is 5.82 Å². The minimum atomic E-state index is -0.541. The second kappa shape index (κ2) is 6.10. The van der Waals surface area contributed by atoms with Crippen LogP contribution < -0.4 is 11.3 Å². The summed E-state index contributed by atoms with van der Waals surface area (Å²) in [6.07, 6.45) is 2.46. The van der Waals surface area contributed by atoms with E-state index in [-0.39, 0.29) is 5.02 Å². The van der Waals surface area contributed by atoms with Crippen molar-refractivity contribution in [1.29, 1.82) is 0 Å². The van der Waals surface area contributed by atoms with Crippen molar-refractivity contribution in [1.82, 2.24) is 20.4 Å². The number of hydrogen-bond donors (Lipinski definition) is 2. The zero-order valence-corrected chi connectivity index (χ0v) is 11.2. The molecule has 0 aliphatic carbocycles. The van der Waals surface area contributed by atoms with Crippen molar-refractivity contribution in [2.24, 2.45) is 5.84 Å². The summed E-state index contributed by atoms with van der Waals surface area (Å²) in [5.74, 6) is 5.06. The standard InChI is InChI=1S/C12H15ClFN5/c1-2-6-19-10(7-16-18-19)12(17-15)8-4-3-5-9(13)11(8)14/h3-5,7,12,17H,2,6,15H2,1H3. The Labute approximate surface area is 115 Å². The van der Waals surface area contributed by atoms with Gasteiger partial charge in [-0.05, 0) is 12.5 Å². The van der Waals surface area contributed by atoms with Gasteiger partial charge in [0, 0.05) is 12.1 Å². The van der Waals surface area contributed by atoms with E-state index in [1.54, 1.807) is 23.0 Å². The smallest absolute Gasteiger partial charge is 0.147 e. The SMILES string of the molecule is CCCn1nncc1C(NN)c1cccc(Cl)c1F. The van der Waals surface area contributed by atoms with Crippen LogP contribution in [0, 0.1) is 5.82 Å². The molecule has 2 rings (SSSR count). The number of aryl methyl sites for hydroxylation is 1. The van der Waals surface area contributed by atoms with Gasteiger partial charge in [-0.25, -0.2) is 14.5 Å². The van der Waals surface area contributed by atoms with E-state index in [4.69, 9.17) is 17.4 Å². The highest BCUT2D eigenvalue weighted by molar-refractivity contribution is 6.30. The van der Waals surface area contributed by atoms with Crippen molar-refractivity contribution in [3.05, 3.63) is 46.5 Å². The Bertz CT molecular complexity index is 557. The predicted octanol–water partition coefficient (Wildman–Crippen LogP) is 2.03. The quantitative estimate of drug-likeness (QED) is 0.651. The first kappa shape index (κ1) is 13.9. The Morgan fingerprint density at radius 1 is 1.53 bits per heavy atom. The summed E-state index contributed by atoms with van der Waals surface area (Å²) in [6, 6.07) is 4.27. The van der Waals surface area contributed by atoms with Crippen LogP contribution in [0.15, 0.2) is 24.4 Å². The Balaban J connectivity index is 2.44. The molecule has 5 nitrogen and oxygen atoms in total. The van der Waals surface area contributed by atoms with Crippen molar-refractivity contribution >= 4 is 11.6 Å². The summed E-state index contributed by atoms with van der Waals surface area (Å²) in [5.41, 5.74) is 3.66. The molecule has 1 heterocycles. The highest BCUT2D eigenvalue weighted by atomic mass is 35.5. The molecule has 0 aliphatic heterocycles. The lowest BCUT2D eigenvalue weighted by Crippen LogP contribution is -2.31. The van der Waals surface area contributed by atoms with Crippen LogP contribution in [0.25, 0.3) is 0 Å². The third-order valence-electron chi connectivity index (χ3n) is 2.84. The number of nitrogens with one attached hydrogen (secondary N) is 1. The van der Waals surface area contributed by atoms with Crippen LogP contribution in [0.5, 0.6) is 0 Å². The van der Waals surface area contributed by atoms with Gasteiger partial charge >= 0.3 is 0 Å². The Hall–Kier alpha value is -1.50. The maximum atomic E-state index is 14.1. The van der Waals surface area contributed by atoms with E-state index < -0.39 is 11.9 Å². The van der Waals surface area contributed by atoms with Gasteiger partial charge in [0.15, 0.2) is 0 Å². The molecule has 0 aliphatic rings. The first-order chi connectivity index (χ1) is 9.19. The van der Waals surface area contributed by atoms with Crippen molar-refractivity contribution < 1.29 is 4.39 Å². The van der Waals surface area contributed by atoms with E-state index in [2.05, 4.69) is 15.7 Å². The summed E-state index contributed by atoms with van der Waals surface area (Å²) >= 11 is 5.80. The monoisotopic (exact) mass is 283 g/mol. The predicted molar refractivity (Wildman–Crippen MR) is 70.9 cm³/mol. The largest absolute Gasteiger partial charge is 0.271 e. The van der Waals surface area contributed by atoms with E-state index in [9.17, 15) is 4.39 Å². The van der Waals surface area contributed by atoms with Gasteiger partial charge in [0.25, 0.3) is 0 Å². The molecule has 0 spiro atoms. The molecule has 1 aromatic carbocycles. The molecule has 19 heavy (non-hydrogen) atoms. The average Bonchev–Trinajstić information content (AvgIpc) is 2.84. The fourth-order valence-corrected chi connectivity index (χ4v) is 2.13. The molecule has 3 N–H and O–H groups in total. The third-order valence-corrected chi connectivity index (χ3v) is 3.13. The summed E-state index contributed by atoms with van der Waals surface area (Å²) in [6.45, 7) is 2.71. The van der Waals surface area contributed by atoms with Gasteiger partial charge in [-0.1, -0.05) is 35.9 Å². The van der Waals surface area contributed by atoms with Crippen LogP contribution in [0.4, 0.5) is 4.39 Å². The van der Waals surface area contributed by atoms with Crippen LogP contribution in [0.2, 0.25) is 5.02 Å². The molecule has 1 unspecified atom stereocenters. The van der Waals surface area contributed by atoms with E-state index in [0.29, 0.717) is 17.8 Å². The molecule has 0 saturated heterocycles. The summed E-state index contributed by atoms with van der Waals surface area (Å²) in [4.78, 5) is 0. The molecule has 0 amide bonds. The number of hydrogen-bond acceptors (Lipinski definition) is 4. The van der Waals surface area contributed by atoms with Crippen LogP contribution in [0.1, 0.15) is 30.6 Å². The molecule has 0 radical (unpaired) electrons. The molecular weight excluding hydrogens is 269 g/mol. The Morgan fingerprint density at radius 2 is 2.32 bits per heavy atom. The van der Waals surface area contributed by atoms with Crippen molar-refractivity contribution in [3.8, 4) is 0 Å². The van der Waals surface area contributed by atoms with Gasteiger partial charge < -0.3 is 0 Å². The molecule has 7 heteroatoms. The lowest BCUT2D eigenvalue weighted by atomic mass is 10.0. The molecule has 0 fully saturated rings. The lowest BCUT2D eigenvalue weighted by molar-refractivity contribution is 0.496. The number of benzene rings is 1. The van der Waals surface area contributed by atoms with E-state index >= 15 is 0 Å². The van der Waals surface area contributed by atoms with E-state index in [1.165, 1.54) is 6.07 Å². The van der Waals surface area contributed by atoms with Gasteiger partial charge in [0.05, 0.1) is 23.0 Å². The molecule has 2 aromatic rings. The second-order valence-electron chi connectivity index (χ2n) is 4.12. The van der Waals surface area contributed by atoms with Crippen LogP contribution in [0.3, 0.4) is 0 Å². The fraction of sp³-hybridized carbons (Fsp3) is 0.333. The van der Waals surface area contributed by atoms with E-state index in [0.717, 1.165) is 6.42 Å². The normalized spacial score (nSPS) is 12.6. The van der Waals surface area contributed by atoms with Crippen LogP contribution >= 0.6 is 11.6 Å². The molecule has 0 bridgehead atoms. The van der Waals surface area contributed by atoms with Gasteiger partial charge in [0.2, 0.25) is 0 Å². The number of nitrogens with zero attached hydrogens (tertiary/aromatic N) is 3. The number of aromatic nitrogens is 3. The topological polar surface area (TPSA) is 68.8 Å². The summed E-state index contributed by atoms with van der Waals surface area (Å²) in [5, 5.41) is 7.88. The third kappa shape index (κ3) is 2.75. The van der Waals surface area contributed by atoms with Crippen LogP contribution in [-0.2, 0) is 6.54 Å². The molecule has 102 valence electrons. The van der Waals surface area contributed by atoms with Crippen molar-refractivity contribution in [2.45, 2.75) is 25.9 Å². The highest BCUT2D eigenvalue weighted by Gasteiger charge is 2.22. The van der Waals surface area contributed by atoms with Crippen molar-refractivity contribution in [3.63, 3.8) is 0 Å². The zero-order valence-electron chi connectivity index (χ0n) is 10.5. The van der Waals surface area contributed by atoms with E-state index in [1.807, 2.05) is 6.92 Å². The van der Waals surface area contributed by atoms with Crippen molar-refractivity contribution in [2.75, 3.05) is 0 Å². The molecule has 0 saturated carbocycles. The Kier molecular flexibility index (Phi) is 4.47. The van der Waals surface area contributed by atoms with Gasteiger partial charge in [-0.15, -0.1) is 5.10 Å². The first-order valence-electron chi connectivity index (χ1n) is 5.97. The maximum absolute atomic E-state index is 14.1. The second-order valence-corrected chi connectivity index (χ2v) is 4.53. The highest BCUT2D eigenvalue weighted by Crippen LogP contribution is 2.27.